The van der Waals surface area contributed by atoms with Crippen LogP contribution in [0.4, 0.5) is 0 Å². The van der Waals surface area contributed by atoms with E-state index in [1.807, 2.05) is 0 Å². The van der Waals surface area contributed by atoms with Crippen molar-refractivity contribution >= 4 is 17.2 Å². The topological polar surface area (TPSA) is 44.0 Å². The number of aromatic nitrogens is 1. The van der Waals surface area contributed by atoms with Crippen LogP contribution in [0.15, 0.2) is 36.5 Å². The maximum atomic E-state index is 11.2. The van der Waals surface area contributed by atoms with E-state index in [0.717, 1.165) is 16.4 Å². The first kappa shape index (κ1) is 7.73. The Labute approximate surface area is 74.8 Å². The van der Waals surface area contributed by atoms with E-state index in [4.69, 9.17) is 0 Å². The van der Waals surface area contributed by atoms with E-state index in [2.05, 4.69) is 0 Å². The maximum absolute atomic E-state index is 11.2. The predicted octanol–water partition coefficient (Wildman–Crippen LogP) is 1.29. The molecule has 2 aromatic rings. The van der Waals surface area contributed by atoms with Gasteiger partial charge >= 0.3 is 0 Å². The molecule has 0 spiro atoms. The van der Waals surface area contributed by atoms with Gasteiger partial charge in [-0.1, -0.05) is 0 Å². The molecule has 0 aliphatic carbocycles. The van der Waals surface area contributed by atoms with Gasteiger partial charge in [-0.25, -0.2) is 0 Å². The Morgan fingerprint density at radius 1 is 1.31 bits per heavy atom. The molecule has 1 aromatic carbocycles. The van der Waals surface area contributed by atoms with E-state index >= 15 is 0 Å². The molecule has 0 aliphatic rings. The summed E-state index contributed by atoms with van der Waals surface area (Å²) in [5, 5.41) is 12.0. The lowest BCUT2D eigenvalue weighted by Gasteiger charge is -2.00. The molecule has 0 saturated carbocycles. The van der Waals surface area contributed by atoms with Crippen LogP contribution in [0.1, 0.15) is 10.4 Å². The molecule has 0 N–H and O–H groups in total. The van der Waals surface area contributed by atoms with Crippen LogP contribution in [-0.4, -0.2) is 6.29 Å². The number of carbonyl (C=O) groups excluding carboxylic acids is 1. The number of rotatable bonds is 1. The van der Waals surface area contributed by atoms with Crippen LogP contribution in [0.5, 0.6) is 0 Å². The minimum absolute atomic E-state index is 0.577. The lowest BCUT2D eigenvalue weighted by molar-refractivity contribution is -0.577. The molecular weight excluding hydrogens is 166 g/mol. The van der Waals surface area contributed by atoms with Crippen molar-refractivity contribution in [3.63, 3.8) is 0 Å². The van der Waals surface area contributed by atoms with Crippen molar-refractivity contribution < 1.29 is 9.52 Å². The van der Waals surface area contributed by atoms with Crippen LogP contribution in [0.2, 0.25) is 0 Å². The van der Waals surface area contributed by atoms with E-state index in [1.165, 1.54) is 6.20 Å². The molecule has 0 aliphatic heterocycles. The van der Waals surface area contributed by atoms with Crippen molar-refractivity contribution in [3.8, 4) is 0 Å². The summed E-state index contributed by atoms with van der Waals surface area (Å²) in [5.41, 5.74) is 1.16. The van der Waals surface area contributed by atoms with Crippen LogP contribution in [0, 0.1) is 5.21 Å². The average Bonchev–Trinajstić information content (AvgIpc) is 2.18. The quantitative estimate of drug-likeness (QED) is 0.370. The second-order valence-electron chi connectivity index (χ2n) is 2.77. The largest absolute Gasteiger partial charge is 0.618 e. The number of fused-ring (bicyclic) bond motifs is 1. The predicted molar refractivity (Wildman–Crippen MR) is 48.3 cm³/mol. The van der Waals surface area contributed by atoms with Gasteiger partial charge in [0.1, 0.15) is 6.29 Å². The third-order valence-corrected chi connectivity index (χ3v) is 1.92. The van der Waals surface area contributed by atoms with Crippen LogP contribution in [0.3, 0.4) is 0 Å². The lowest BCUT2D eigenvalue weighted by atomic mass is 10.1. The fourth-order valence-electron chi connectivity index (χ4n) is 1.29. The van der Waals surface area contributed by atoms with Crippen molar-refractivity contribution in [3.05, 3.63) is 47.3 Å². The fraction of sp³-hybridized carbons (Fsp3) is 0. The molecule has 3 heteroatoms. The zero-order chi connectivity index (χ0) is 9.26. The first-order chi connectivity index (χ1) is 6.31. The molecule has 0 amide bonds. The van der Waals surface area contributed by atoms with Crippen LogP contribution in [0.25, 0.3) is 10.9 Å². The second kappa shape index (κ2) is 2.86. The minimum Gasteiger partial charge on any atom is -0.618 e. The van der Waals surface area contributed by atoms with Gasteiger partial charge in [-0.15, -0.1) is 0 Å². The Hall–Kier alpha value is -1.90. The lowest BCUT2D eigenvalue weighted by Crippen LogP contribution is -2.25. The fourth-order valence-corrected chi connectivity index (χ4v) is 1.29. The number of carbonyl (C=O) groups is 1. The van der Waals surface area contributed by atoms with Crippen molar-refractivity contribution in [2.45, 2.75) is 0 Å². The molecular formula is C10H7NO2. The molecule has 0 bridgehead atoms. The number of benzene rings is 1. The van der Waals surface area contributed by atoms with Gasteiger partial charge in [0.2, 0.25) is 5.52 Å². The second-order valence-corrected chi connectivity index (χ2v) is 2.77. The SMILES string of the molecule is O=Cc1ccc2c(ccc[n+]2[O-])c1. The Bertz CT molecular complexity index is 465. The van der Waals surface area contributed by atoms with Gasteiger partial charge < -0.3 is 5.21 Å². The Morgan fingerprint density at radius 3 is 2.92 bits per heavy atom. The minimum atomic E-state index is 0.577. The summed E-state index contributed by atoms with van der Waals surface area (Å²) >= 11 is 0. The smallest absolute Gasteiger partial charge is 0.223 e. The first-order valence-electron chi connectivity index (χ1n) is 3.88. The van der Waals surface area contributed by atoms with E-state index < -0.39 is 0 Å². The summed E-state index contributed by atoms with van der Waals surface area (Å²) in [5.74, 6) is 0. The first-order valence-corrected chi connectivity index (χ1v) is 3.88. The van der Waals surface area contributed by atoms with Crippen molar-refractivity contribution in [2.24, 2.45) is 0 Å². The van der Waals surface area contributed by atoms with Gasteiger partial charge in [-0.05, 0) is 18.2 Å². The van der Waals surface area contributed by atoms with Crippen molar-refractivity contribution in [1.82, 2.24) is 0 Å². The highest BCUT2D eigenvalue weighted by molar-refractivity contribution is 5.85. The highest BCUT2D eigenvalue weighted by Gasteiger charge is 2.02. The molecule has 2 rings (SSSR count). The maximum Gasteiger partial charge on any atom is 0.223 e. The summed E-state index contributed by atoms with van der Waals surface area (Å²) in [4.78, 5) is 10.5. The van der Waals surface area contributed by atoms with E-state index in [1.54, 1.807) is 30.3 Å². The van der Waals surface area contributed by atoms with Crippen LogP contribution < -0.4 is 4.73 Å². The summed E-state index contributed by atoms with van der Waals surface area (Å²) < 4.78 is 0.782. The molecule has 1 aromatic heterocycles. The zero-order valence-corrected chi connectivity index (χ0v) is 6.81. The normalized spacial score (nSPS) is 10.2. The molecule has 0 unspecified atom stereocenters. The van der Waals surface area contributed by atoms with Crippen molar-refractivity contribution in [1.29, 1.82) is 0 Å². The zero-order valence-electron chi connectivity index (χ0n) is 6.81. The average molecular weight is 173 g/mol. The molecule has 3 nitrogen and oxygen atoms in total. The molecule has 1 heterocycles. The van der Waals surface area contributed by atoms with Gasteiger partial charge in [-0.2, -0.15) is 4.73 Å². The van der Waals surface area contributed by atoms with Gasteiger partial charge in [0, 0.05) is 23.1 Å². The highest BCUT2D eigenvalue weighted by atomic mass is 16.5. The van der Waals surface area contributed by atoms with Gasteiger partial charge in [-0.3, -0.25) is 4.79 Å². The Morgan fingerprint density at radius 2 is 2.15 bits per heavy atom. The molecule has 0 fully saturated rings. The van der Waals surface area contributed by atoms with Crippen LogP contribution >= 0.6 is 0 Å². The van der Waals surface area contributed by atoms with E-state index in [9.17, 15) is 10.0 Å². The van der Waals surface area contributed by atoms with Gasteiger partial charge in [0.25, 0.3) is 0 Å². The third-order valence-electron chi connectivity index (χ3n) is 1.92. The third kappa shape index (κ3) is 1.24. The monoisotopic (exact) mass is 173 g/mol. The summed E-state index contributed by atoms with van der Waals surface area (Å²) in [6.07, 6.45) is 2.20. The van der Waals surface area contributed by atoms with Gasteiger partial charge in [0.15, 0.2) is 6.20 Å². The molecule has 13 heavy (non-hydrogen) atoms. The van der Waals surface area contributed by atoms with Crippen LogP contribution in [-0.2, 0) is 0 Å². The molecule has 0 radical (unpaired) electrons. The molecule has 64 valence electrons. The van der Waals surface area contributed by atoms with Gasteiger partial charge in [0.05, 0.1) is 0 Å². The summed E-state index contributed by atoms with van der Waals surface area (Å²) in [6, 6.07) is 8.42. The molecule has 0 atom stereocenters. The Kier molecular flexibility index (Phi) is 1.70. The number of hydrogen-bond donors (Lipinski definition) is 0. The van der Waals surface area contributed by atoms with Crippen molar-refractivity contribution in [2.75, 3.05) is 0 Å². The Balaban J connectivity index is 2.79. The number of hydrogen-bond acceptors (Lipinski definition) is 2. The standard InChI is InChI=1S/C10H7NO2/c12-7-8-3-4-10-9(6-8)2-1-5-11(10)13/h1-7H. The van der Waals surface area contributed by atoms with E-state index in [-0.39, 0.29) is 0 Å². The number of pyridine rings is 1. The number of aldehydes is 1. The van der Waals surface area contributed by atoms with E-state index in [0.29, 0.717) is 11.1 Å². The summed E-state index contributed by atoms with van der Waals surface area (Å²) in [6.45, 7) is 0. The highest BCUT2D eigenvalue weighted by Crippen LogP contribution is 2.10. The molecule has 0 saturated heterocycles. The number of nitrogens with zero attached hydrogens (tertiary/aromatic N) is 1. The summed E-state index contributed by atoms with van der Waals surface area (Å²) in [7, 11) is 0.